The number of para-hydroxylation sites is 1. The van der Waals surface area contributed by atoms with Crippen molar-refractivity contribution in [2.45, 2.75) is 45.2 Å². The number of ether oxygens (including phenoxy) is 2. The first kappa shape index (κ1) is 38.0. The third-order valence-corrected chi connectivity index (χ3v) is 8.05. The molecule has 0 saturated carbocycles. The van der Waals surface area contributed by atoms with Crippen molar-refractivity contribution in [2.75, 3.05) is 16.0 Å². The summed E-state index contributed by atoms with van der Waals surface area (Å²) in [6.45, 7) is 5.30. The van der Waals surface area contributed by atoms with E-state index in [1.807, 2.05) is 6.07 Å². The molecule has 0 fully saturated rings. The molecule has 0 aliphatic heterocycles. The Kier molecular flexibility index (Phi) is 11.4. The first-order valence-corrected chi connectivity index (χ1v) is 17.2. The summed E-state index contributed by atoms with van der Waals surface area (Å²) in [5, 5.41) is 33.0. The molecule has 0 spiro atoms. The van der Waals surface area contributed by atoms with Crippen molar-refractivity contribution in [3.8, 4) is 11.4 Å². The summed E-state index contributed by atoms with van der Waals surface area (Å²) in [6.07, 6.45) is -0.0699. The van der Waals surface area contributed by atoms with Gasteiger partial charge in [0.05, 0.1) is 11.4 Å². The number of carbonyl (C=O) groups excluding carboxylic acids is 4. The fraction of sp³-hybridized carbons (Fsp3) is 0.184. The maximum atomic E-state index is 13.8. The van der Waals surface area contributed by atoms with E-state index in [1.165, 1.54) is 17.1 Å². The van der Waals surface area contributed by atoms with Crippen LogP contribution in [0.1, 0.15) is 36.8 Å². The molecule has 0 bridgehead atoms. The molecule has 2 atom stereocenters. The van der Waals surface area contributed by atoms with Crippen molar-refractivity contribution in [1.82, 2.24) is 30.5 Å². The maximum absolute atomic E-state index is 13.8. The summed E-state index contributed by atoms with van der Waals surface area (Å²) in [5.41, 5.74) is 2.17. The molecule has 0 aliphatic carbocycles. The van der Waals surface area contributed by atoms with Gasteiger partial charge in [-0.1, -0.05) is 41.9 Å². The Hall–Kier alpha value is -6.78. The lowest BCUT2D eigenvalue weighted by Gasteiger charge is -2.20. The average molecular weight is 766 g/mol. The number of hydrogen-bond acceptors (Lipinski definition) is 11. The number of tetrazole rings is 1. The summed E-state index contributed by atoms with van der Waals surface area (Å²) < 4.78 is 12.2. The van der Waals surface area contributed by atoms with Gasteiger partial charge in [-0.15, -0.1) is 5.10 Å². The Morgan fingerprint density at radius 3 is 2.35 bits per heavy atom. The van der Waals surface area contributed by atoms with E-state index in [1.54, 1.807) is 106 Å². The minimum absolute atomic E-state index is 0.0313. The van der Waals surface area contributed by atoms with E-state index in [9.17, 15) is 24.3 Å². The van der Waals surface area contributed by atoms with E-state index < -0.39 is 41.7 Å². The molecule has 0 aliphatic rings. The Balaban J connectivity index is 1.19. The third kappa shape index (κ3) is 10.2. The van der Waals surface area contributed by atoms with Gasteiger partial charge in [0.1, 0.15) is 29.4 Å². The van der Waals surface area contributed by atoms with Crippen LogP contribution in [-0.2, 0) is 25.5 Å². The Bertz CT molecular complexity index is 2310. The number of esters is 1. The van der Waals surface area contributed by atoms with E-state index in [4.69, 9.17) is 21.1 Å². The van der Waals surface area contributed by atoms with Crippen molar-refractivity contribution in [1.29, 1.82) is 0 Å². The zero-order chi connectivity index (χ0) is 39.1. The number of H-pyrrole nitrogens is 1. The summed E-state index contributed by atoms with van der Waals surface area (Å²) in [5.74, 6) is -2.88. The number of aromatic amines is 1. The monoisotopic (exact) mass is 765 g/mol. The number of rotatable bonds is 12. The molecule has 6 N–H and O–H groups in total. The van der Waals surface area contributed by atoms with Gasteiger partial charge in [0.25, 0.3) is 6.41 Å². The predicted octanol–water partition coefficient (Wildman–Crippen LogP) is 4.82. The Morgan fingerprint density at radius 1 is 0.891 bits per heavy atom. The largest absolute Gasteiger partial charge is 0.455 e. The van der Waals surface area contributed by atoms with Gasteiger partial charge in [0.2, 0.25) is 5.91 Å². The van der Waals surface area contributed by atoms with Crippen LogP contribution in [0.5, 0.6) is 5.75 Å². The number of aromatic nitrogens is 5. The molecule has 2 aromatic heterocycles. The standard InChI is InChI=1S/C38H36ClN9O7/c1-38(2,3)55-36(52)31-19-23-18-26(14-15-28(23)43-31)41-33(49)30(17-22-9-12-25(13-10-22)42-37(53)54-27-7-5-4-6-8-27)45-35(51)34(50)44-29-20-24(39)11-16-32(29)48-21-40-46-47-48/h4-16,18-21,30,37,42-43,53H,17H2,1-3H3,(H,41,49)(H,44,50)(H,45,51)/t30-,37?/m0/s1. The molecule has 0 radical (unpaired) electrons. The van der Waals surface area contributed by atoms with Crippen molar-refractivity contribution in [2.24, 2.45) is 0 Å². The summed E-state index contributed by atoms with van der Waals surface area (Å²) in [6, 6.07) is 25.4. The number of anilines is 3. The number of nitrogens with zero attached hydrogens (tertiary/aromatic N) is 4. The van der Waals surface area contributed by atoms with Crippen molar-refractivity contribution in [3.05, 3.63) is 120 Å². The molecule has 16 nitrogen and oxygen atoms in total. The van der Waals surface area contributed by atoms with Crippen LogP contribution in [0.4, 0.5) is 17.1 Å². The number of hydrogen-bond donors (Lipinski definition) is 6. The van der Waals surface area contributed by atoms with Crippen LogP contribution in [0.2, 0.25) is 5.02 Å². The van der Waals surface area contributed by atoms with Gasteiger partial charge < -0.3 is 40.8 Å². The van der Waals surface area contributed by atoms with Gasteiger partial charge in [0.15, 0.2) is 0 Å². The molecule has 0 saturated heterocycles. The quantitative estimate of drug-likeness (QED) is 0.0564. The molecular formula is C38H36ClN9O7. The zero-order valence-corrected chi connectivity index (χ0v) is 30.5. The summed E-state index contributed by atoms with van der Waals surface area (Å²) in [7, 11) is 0. The summed E-state index contributed by atoms with van der Waals surface area (Å²) in [4.78, 5) is 56.1. The highest BCUT2D eigenvalue weighted by atomic mass is 35.5. The van der Waals surface area contributed by atoms with Crippen LogP contribution in [0.25, 0.3) is 16.6 Å². The van der Waals surface area contributed by atoms with Crippen molar-refractivity contribution < 1.29 is 33.8 Å². The smallest absolute Gasteiger partial charge is 0.355 e. The van der Waals surface area contributed by atoms with Crippen molar-refractivity contribution >= 4 is 63.3 Å². The number of aliphatic hydroxyl groups excluding tert-OH is 1. The summed E-state index contributed by atoms with van der Waals surface area (Å²) >= 11 is 6.17. The molecule has 2 heterocycles. The molecule has 282 valence electrons. The van der Waals surface area contributed by atoms with E-state index >= 15 is 0 Å². The highest BCUT2D eigenvalue weighted by Gasteiger charge is 2.26. The number of carbonyl (C=O) groups is 4. The molecule has 1 unspecified atom stereocenters. The van der Waals surface area contributed by atoms with Crippen LogP contribution >= 0.6 is 11.6 Å². The molecule has 17 heteroatoms. The Labute approximate surface area is 319 Å². The molecular weight excluding hydrogens is 730 g/mol. The second-order valence-electron chi connectivity index (χ2n) is 13.2. The van der Waals surface area contributed by atoms with Gasteiger partial charge in [0, 0.05) is 33.7 Å². The van der Waals surface area contributed by atoms with Crippen LogP contribution in [0.3, 0.4) is 0 Å². The number of fused-ring (bicyclic) bond motifs is 1. The van der Waals surface area contributed by atoms with Crippen molar-refractivity contribution in [3.63, 3.8) is 0 Å². The normalized spacial score (nSPS) is 12.3. The lowest BCUT2D eigenvalue weighted by molar-refractivity contribution is -0.137. The fourth-order valence-corrected chi connectivity index (χ4v) is 5.52. The fourth-order valence-electron chi connectivity index (χ4n) is 5.35. The molecule has 6 aromatic rings. The topological polar surface area (TPSA) is 214 Å². The zero-order valence-electron chi connectivity index (χ0n) is 29.7. The van der Waals surface area contributed by atoms with Crippen LogP contribution in [0.15, 0.2) is 103 Å². The predicted molar refractivity (Wildman–Crippen MR) is 204 cm³/mol. The minimum Gasteiger partial charge on any atom is -0.455 e. The Morgan fingerprint density at radius 2 is 1.64 bits per heavy atom. The number of amides is 3. The van der Waals surface area contributed by atoms with E-state index in [0.29, 0.717) is 39.3 Å². The lowest BCUT2D eigenvalue weighted by atomic mass is 10.0. The highest BCUT2D eigenvalue weighted by molar-refractivity contribution is 6.40. The van der Waals surface area contributed by atoms with Gasteiger partial charge in [-0.05, 0) is 103 Å². The number of halogens is 1. The maximum Gasteiger partial charge on any atom is 0.355 e. The average Bonchev–Trinajstić information content (AvgIpc) is 3.83. The van der Waals surface area contributed by atoms with Gasteiger partial charge in [-0.2, -0.15) is 4.68 Å². The van der Waals surface area contributed by atoms with Gasteiger partial charge in [-0.3, -0.25) is 14.4 Å². The number of nitrogens with one attached hydrogen (secondary N) is 5. The molecule has 3 amide bonds. The minimum atomic E-state index is -1.34. The van der Waals surface area contributed by atoms with E-state index in [0.717, 1.165) is 0 Å². The molecule has 55 heavy (non-hydrogen) atoms. The number of benzene rings is 4. The highest BCUT2D eigenvalue weighted by Crippen LogP contribution is 2.25. The van der Waals surface area contributed by atoms with Gasteiger partial charge >= 0.3 is 17.8 Å². The van der Waals surface area contributed by atoms with Crippen LogP contribution < -0.4 is 26.0 Å². The van der Waals surface area contributed by atoms with Crippen LogP contribution in [-0.4, -0.2) is 72.0 Å². The second kappa shape index (κ2) is 16.5. The lowest BCUT2D eigenvalue weighted by Crippen LogP contribution is -2.49. The molecule has 6 rings (SSSR count). The molecule has 4 aromatic carbocycles. The SMILES string of the molecule is CC(C)(C)OC(=O)c1cc2cc(NC(=O)[C@H](Cc3ccc(NC(O)Oc4ccccc4)cc3)NC(=O)C(=O)Nc3cc(Cl)ccc3-n3cnnn3)ccc2[nH]1. The second-order valence-corrected chi connectivity index (χ2v) is 13.6. The van der Waals surface area contributed by atoms with Crippen LogP contribution in [0, 0.1) is 0 Å². The van der Waals surface area contributed by atoms with E-state index in [-0.39, 0.29) is 22.8 Å². The third-order valence-electron chi connectivity index (χ3n) is 7.81. The first-order chi connectivity index (χ1) is 26.3. The number of aliphatic hydroxyl groups is 1. The van der Waals surface area contributed by atoms with E-state index in [2.05, 4.69) is 41.8 Å². The first-order valence-electron chi connectivity index (χ1n) is 16.9. The van der Waals surface area contributed by atoms with Gasteiger partial charge in [-0.25, -0.2) is 4.79 Å².